The number of ether oxygens (including phenoxy) is 1. The molecule has 2 rings (SSSR count). The lowest BCUT2D eigenvalue weighted by atomic mass is 9.78. The summed E-state index contributed by atoms with van der Waals surface area (Å²) in [6, 6.07) is 8.67. The summed E-state index contributed by atoms with van der Waals surface area (Å²) in [4.78, 5) is 14.4. The molecule has 0 aliphatic carbocycles. The van der Waals surface area contributed by atoms with E-state index in [1.807, 2.05) is 19.1 Å². The minimum absolute atomic E-state index is 0.0219. The van der Waals surface area contributed by atoms with E-state index in [9.17, 15) is 4.79 Å². The van der Waals surface area contributed by atoms with Crippen LogP contribution in [0.1, 0.15) is 52.5 Å². The lowest BCUT2D eigenvalue weighted by Crippen LogP contribution is -2.44. The fourth-order valence-electron chi connectivity index (χ4n) is 3.72. The van der Waals surface area contributed by atoms with Crippen LogP contribution in [0, 0.1) is 5.92 Å². The molecule has 24 heavy (non-hydrogen) atoms. The monoisotopic (exact) mass is 351 g/mol. The molecule has 1 aromatic carbocycles. The van der Waals surface area contributed by atoms with Crippen LogP contribution in [0.3, 0.4) is 0 Å². The quantitative estimate of drug-likeness (QED) is 0.697. The summed E-state index contributed by atoms with van der Waals surface area (Å²) in [6.07, 6.45) is 2.90. The second-order valence-electron chi connectivity index (χ2n) is 7.51. The first-order valence-electron chi connectivity index (χ1n) is 9.00. The summed E-state index contributed by atoms with van der Waals surface area (Å²) in [5.74, 6) is 0.0592. The molecule has 0 N–H and O–H groups in total. The van der Waals surface area contributed by atoms with Crippen LogP contribution >= 0.6 is 11.6 Å². The Balaban J connectivity index is 1.89. The molecule has 1 aliphatic rings. The van der Waals surface area contributed by atoms with Crippen LogP contribution in [0.5, 0.6) is 0 Å². The van der Waals surface area contributed by atoms with Gasteiger partial charge in [-0.2, -0.15) is 0 Å². The largest absolute Gasteiger partial charge is 0.466 e. The van der Waals surface area contributed by atoms with Crippen molar-refractivity contribution in [2.24, 2.45) is 5.92 Å². The fraction of sp³-hybridized carbons (Fsp3) is 0.650. The second kappa shape index (κ2) is 8.35. The standard InChI is InChI=1S/C20H30ClNO2/c1-5-24-19(23)16-10-12-22(13-11-16)15(2)14-20(3,4)17-6-8-18(21)9-7-17/h6-9,15-16H,5,10-14H2,1-4H3. The first-order valence-corrected chi connectivity index (χ1v) is 9.38. The molecular weight excluding hydrogens is 322 g/mol. The van der Waals surface area contributed by atoms with E-state index in [0.29, 0.717) is 12.6 Å². The molecule has 4 heteroatoms. The lowest BCUT2D eigenvalue weighted by molar-refractivity contribution is -0.149. The highest BCUT2D eigenvalue weighted by Crippen LogP contribution is 2.32. The maximum absolute atomic E-state index is 11.9. The number of likely N-dealkylation sites (tertiary alicyclic amines) is 1. The maximum Gasteiger partial charge on any atom is 0.309 e. The van der Waals surface area contributed by atoms with Crippen LogP contribution in [0.2, 0.25) is 5.02 Å². The van der Waals surface area contributed by atoms with Gasteiger partial charge in [0.1, 0.15) is 0 Å². The van der Waals surface area contributed by atoms with Gasteiger partial charge < -0.3 is 9.64 Å². The predicted octanol–water partition coefficient (Wildman–Crippen LogP) is 4.67. The van der Waals surface area contributed by atoms with Gasteiger partial charge >= 0.3 is 5.97 Å². The summed E-state index contributed by atoms with van der Waals surface area (Å²) in [5.41, 5.74) is 1.42. The summed E-state index contributed by atoms with van der Waals surface area (Å²) in [5, 5.41) is 0.781. The summed E-state index contributed by atoms with van der Waals surface area (Å²) in [7, 11) is 0. The molecule has 0 radical (unpaired) electrons. The molecule has 3 nitrogen and oxygen atoms in total. The zero-order chi connectivity index (χ0) is 17.7. The van der Waals surface area contributed by atoms with Crippen LogP contribution in [0.25, 0.3) is 0 Å². The van der Waals surface area contributed by atoms with Crippen molar-refractivity contribution in [1.29, 1.82) is 0 Å². The molecule has 134 valence electrons. The summed E-state index contributed by atoms with van der Waals surface area (Å²) >= 11 is 6.00. The second-order valence-corrected chi connectivity index (χ2v) is 7.94. The van der Waals surface area contributed by atoms with Crippen molar-refractivity contribution in [2.45, 2.75) is 58.4 Å². The third-order valence-corrected chi connectivity index (χ3v) is 5.46. The van der Waals surface area contributed by atoms with Gasteiger partial charge in [0, 0.05) is 11.1 Å². The minimum Gasteiger partial charge on any atom is -0.466 e. The van der Waals surface area contributed by atoms with Gasteiger partial charge in [0.25, 0.3) is 0 Å². The van der Waals surface area contributed by atoms with Gasteiger partial charge in [0.2, 0.25) is 0 Å². The van der Waals surface area contributed by atoms with Gasteiger partial charge in [-0.15, -0.1) is 0 Å². The third-order valence-electron chi connectivity index (χ3n) is 5.20. The SMILES string of the molecule is CCOC(=O)C1CCN(C(C)CC(C)(C)c2ccc(Cl)cc2)CC1. The smallest absolute Gasteiger partial charge is 0.309 e. The van der Waals surface area contributed by atoms with Crippen molar-refractivity contribution in [2.75, 3.05) is 19.7 Å². The average molecular weight is 352 g/mol. The molecule has 1 aromatic rings. The van der Waals surface area contributed by atoms with Gasteiger partial charge in [-0.1, -0.05) is 37.6 Å². The number of carbonyl (C=O) groups is 1. The number of nitrogens with zero attached hydrogens (tertiary/aromatic N) is 1. The first-order chi connectivity index (χ1) is 11.3. The van der Waals surface area contributed by atoms with Crippen LogP contribution in [0.15, 0.2) is 24.3 Å². The first kappa shape index (κ1) is 19.3. The van der Waals surface area contributed by atoms with Crippen LogP contribution < -0.4 is 0 Å². The van der Waals surface area contributed by atoms with Crippen LogP contribution in [-0.4, -0.2) is 36.6 Å². The number of carbonyl (C=O) groups excluding carboxylic acids is 1. The Bertz CT molecular complexity index is 533. The van der Waals surface area contributed by atoms with Crippen molar-refractivity contribution < 1.29 is 9.53 Å². The molecule has 1 heterocycles. The maximum atomic E-state index is 11.9. The number of piperidine rings is 1. The highest BCUT2D eigenvalue weighted by atomic mass is 35.5. The van der Waals surface area contributed by atoms with Gasteiger partial charge in [0.15, 0.2) is 0 Å². The number of esters is 1. The van der Waals surface area contributed by atoms with Crippen LogP contribution in [0.4, 0.5) is 0 Å². The van der Waals surface area contributed by atoms with Gasteiger partial charge in [0.05, 0.1) is 12.5 Å². The van der Waals surface area contributed by atoms with Crippen molar-refractivity contribution in [1.82, 2.24) is 4.90 Å². The zero-order valence-electron chi connectivity index (χ0n) is 15.3. The van der Waals surface area contributed by atoms with Gasteiger partial charge in [-0.3, -0.25) is 4.79 Å². The fourth-order valence-corrected chi connectivity index (χ4v) is 3.85. The number of benzene rings is 1. The molecule has 1 aliphatic heterocycles. The van der Waals surface area contributed by atoms with E-state index in [-0.39, 0.29) is 17.3 Å². The van der Waals surface area contributed by atoms with E-state index in [1.165, 1.54) is 5.56 Å². The van der Waals surface area contributed by atoms with Crippen molar-refractivity contribution in [3.05, 3.63) is 34.9 Å². The lowest BCUT2D eigenvalue weighted by Gasteiger charge is -2.39. The zero-order valence-corrected chi connectivity index (χ0v) is 16.1. The van der Waals surface area contributed by atoms with E-state index in [0.717, 1.165) is 37.4 Å². The van der Waals surface area contributed by atoms with E-state index in [1.54, 1.807) is 0 Å². The van der Waals surface area contributed by atoms with E-state index >= 15 is 0 Å². The Kier molecular flexibility index (Phi) is 6.70. The van der Waals surface area contributed by atoms with Gasteiger partial charge in [-0.05, 0) is 69.3 Å². The third kappa shape index (κ3) is 4.97. The summed E-state index contributed by atoms with van der Waals surface area (Å²) in [6.45, 7) is 11.2. The molecule has 1 atom stereocenters. The van der Waals surface area contributed by atoms with Crippen LogP contribution in [-0.2, 0) is 14.9 Å². The van der Waals surface area contributed by atoms with Crippen molar-refractivity contribution in [3.8, 4) is 0 Å². The Morgan fingerprint density at radius 1 is 1.29 bits per heavy atom. The minimum atomic E-state index is -0.0219. The molecule has 0 amide bonds. The molecule has 1 saturated heterocycles. The molecule has 0 saturated carbocycles. The Morgan fingerprint density at radius 3 is 2.42 bits per heavy atom. The predicted molar refractivity (Wildman–Crippen MR) is 99.5 cm³/mol. The Hall–Kier alpha value is -1.06. The normalized spacial score (nSPS) is 18.4. The molecule has 0 spiro atoms. The Morgan fingerprint density at radius 2 is 1.88 bits per heavy atom. The van der Waals surface area contributed by atoms with E-state index < -0.39 is 0 Å². The molecule has 0 aromatic heterocycles. The number of hydrogen-bond donors (Lipinski definition) is 0. The number of hydrogen-bond acceptors (Lipinski definition) is 3. The highest BCUT2D eigenvalue weighted by Gasteiger charge is 2.31. The van der Waals surface area contributed by atoms with E-state index in [4.69, 9.17) is 16.3 Å². The average Bonchev–Trinajstić information content (AvgIpc) is 2.55. The van der Waals surface area contributed by atoms with E-state index in [2.05, 4.69) is 37.8 Å². The van der Waals surface area contributed by atoms with Crippen molar-refractivity contribution >= 4 is 17.6 Å². The number of halogens is 1. The molecule has 0 bridgehead atoms. The van der Waals surface area contributed by atoms with Gasteiger partial charge in [-0.25, -0.2) is 0 Å². The molecule has 1 fully saturated rings. The Labute approximate surface area is 151 Å². The van der Waals surface area contributed by atoms with Crippen molar-refractivity contribution in [3.63, 3.8) is 0 Å². The highest BCUT2D eigenvalue weighted by molar-refractivity contribution is 6.30. The summed E-state index contributed by atoms with van der Waals surface area (Å²) < 4.78 is 5.16. The number of rotatable bonds is 6. The molecule has 1 unspecified atom stereocenters. The topological polar surface area (TPSA) is 29.5 Å². The molecular formula is C20H30ClNO2.